The van der Waals surface area contributed by atoms with Gasteiger partial charge in [-0.3, -0.25) is 25.1 Å². The van der Waals surface area contributed by atoms with Crippen LogP contribution in [-0.2, 0) is 45.7 Å². The van der Waals surface area contributed by atoms with Crippen molar-refractivity contribution in [2.75, 3.05) is 30.7 Å². The number of carbonyl (C=O) groups excluding carboxylic acids is 1. The molecule has 6 aromatic rings. The molecule has 0 bridgehead atoms. The SMILES string of the molecule is NCCCCOc1cc(CN(Cc2ccccn2)Cc2cccc(N)n2)cc(CN(Cc2ccccn2)Cc2cccc(NC(=O)NCCc3ccc(F)cc3)n2)c1. The number of aromatic nitrogens is 4. The molecule has 0 unspecified atom stereocenters. The van der Waals surface area contributed by atoms with Gasteiger partial charge in [-0.1, -0.05) is 42.5 Å². The van der Waals surface area contributed by atoms with Gasteiger partial charge in [-0.05, 0) is 115 Å². The first-order chi connectivity index (χ1) is 28.4. The van der Waals surface area contributed by atoms with Crippen LogP contribution in [0.25, 0.3) is 0 Å². The predicted molar refractivity (Wildman–Crippen MR) is 225 cm³/mol. The van der Waals surface area contributed by atoms with Crippen molar-refractivity contribution in [3.63, 3.8) is 0 Å². The number of nitrogen functional groups attached to an aromatic ring is 1. The van der Waals surface area contributed by atoms with E-state index < -0.39 is 0 Å². The molecule has 4 aromatic heterocycles. The molecule has 0 radical (unpaired) electrons. The van der Waals surface area contributed by atoms with Gasteiger partial charge in [-0.15, -0.1) is 0 Å². The lowest BCUT2D eigenvalue weighted by atomic mass is 10.1. The van der Waals surface area contributed by atoms with Crippen molar-refractivity contribution in [3.8, 4) is 5.75 Å². The lowest BCUT2D eigenvalue weighted by Gasteiger charge is -2.25. The van der Waals surface area contributed by atoms with Crippen LogP contribution in [0.1, 0.15) is 52.3 Å². The lowest BCUT2D eigenvalue weighted by molar-refractivity contribution is 0.236. The summed E-state index contributed by atoms with van der Waals surface area (Å²) >= 11 is 0. The maximum Gasteiger partial charge on any atom is 0.320 e. The topological polar surface area (TPSA) is 160 Å². The first-order valence-electron chi connectivity index (χ1n) is 19.5. The zero-order chi connectivity index (χ0) is 40.4. The van der Waals surface area contributed by atoms with Crippen LogP contribution >= 0.6 is 0 Å². The number of amides is 2. The molecule has 2 aromatic carbocycles. The molecule has 0 fully saturated rings. The molecule has 0 aliphatic heterocycles. The van der Waals surface area contributed by atoms with Crippen LogP contribution in [-0.4, -0.2) is 55.5 Å². The van der Waals surface area contributed by atoms with E-state index >= 15 is 0 Å². The van der Waals surface area contributed by atoms with Crippen LogP contribution in [0.4, 0.5) is 20.8 Å². The van der Waals surface area contributed by atoms with E-state index in [0.29, 0.717) is 77.0 Å². The van der Waals surface area contributed by atoms with Crippen molar-refractivity contribution in [1.29, 1.82) is 0 Å². The first-order valence-corrected chi connectivity index (χ1v) is 19.5. The number of anilines is 2. The summed E-state index contributed by atoms with van der Waals surface area (Å²) in [5.41, 5.74) is 18.4. The van der Waals surface area contributed by atoms with Gasteiger partial charge in [0.05, 0.1) is 29.4 Å². The van der Waals surface area contributed by atoms with Crippen molar-refractivity contribution in [2.24, 2.45) is 5.73 Å². The van der Waals surface area contributed by atoms with Crippen LogP contribution < -0.4 is 26.8 Å². The van der Waals surface area contributed by atoms with Gasteiger partial charge in [0.25, 0.3) is 0 Å². The molecule has 4 heterocycles. The fourth-order valence-corrected chi connectivity index (χ4v) is 6.54. The summed E-state index contributed by atoms with van der Waals surface area (Å²) in [7, 11) is 0. The smallest absolute Gasteiger partial charge is 0.320 e. The number of hydrogen-bond donors (Lipinski definition) is 4. The van der Waals surface area contributed by atoms with E-state index in [0.717, 1.165) is 58.1 Å². The number of ether oxygens (including phenoxy) is 1. The average molecular weight is 783 g/mol. The highest BCUT2D eigenvalue weighted by molar-refractivity contribution is 5.88. The number of nitrogens with zero attached hydrogens (tertiary/aromatic N) is 6. The van der Waals surface area contributed by atoms with E-state index in [1.54, 1.807) is 30.5 Å². The van der Waals surface area contributed by atoms with Gasteiger partial charge in [0, 0.05) is 58.2 Å². The summed E-state index contributed by atoms with van der Waals surface area (Å²) in [6, 6.07) is 35.5. The van der Waals surface area contributed by atoms with Gasteiger partial charge in [0.2, 0.25) is 0 Å². The Kier molecular flexibility index (Phi) is 15.6. The van der Waals surface area contributed by atoms with E-state index in [-0.39, 0.29) is 11.8 Å². The maximum absolute atomic E-state index is 13.3. The molecular weight excluding hydrogens is 732 g/mol. The second-order valence-corrected chi connectivity index (χ2v) is 14.1. The number of nitrogens with two attached hydrogens (primary N) is 2. The highest BCUT2D eigenvalue weighted by atomic mass is 19.1. The third kappa shape index (κ3) is 14.0. The molecule has 6 N–H and O–H groups in total. The number of urea groups is 1. The fourth-order valence-electron chi connectivity index (χ4n) is 6.54. The summed E-state index contributed by atoms with van der Waals surface area (Å²) in [5.74, 6) is 1.42. The number of pyridine rings is 4. The molecule has 300 valence electrons. The molecule has 6 rings (SSSR count). The summed E-state index contributed by atoms with van der Waals surface area (Å²) in [6.07, 6.45) is 5.92. The first kappa shape index (κ1) is 41.4. The zero-order valence-corrected chi connectivity index (χ0v) is 32.6. The Morgan fingerprint density at radius 2 is 1.26 bits per heavy atom. The van der Waals surface area contributed by atoms with Gasteiger partial charge >= 0.3 is 6.03 Å². The molecule has 0 aliphatic carbocycles. The number of nitrogens with one attached hydrogen (secondary N) is 2. The number of halogens is 1. The summed E-state index contributed by atoms with van der Waals surface area (Å²) in [6.45, 7) is 5.00. The minimum Gasteiger partial charge on any atom is -0.494 e. The van der Waals surface area contributed by atoms with Crippen molar-refractivity contribution in [3.05, 3.63) is 173 Å². The maximum atomic E-state index is 13.3. The second-order valence-electron chi connectivity index (χ2n) is 14.1. The number of rotatable bonds is 21. The Balaban J connectivity index is 1.20. The Bertz CT molecular complexity index is 2160. The van der Waals surface area contributed by atoms with E-state index in [2.05, 4.69) is 53.6 Å². The molecule has 58 heavy (non-hydrogen) atoms. The Labute approximate surface area is 339 Å². The van der Waals surface area contributed by atoms with E-state index in [1.165, 1.54) is 12.1 Å². The lowest BCUT2D eigenvalue weighted by Crippen LogP contribution is -2.31. The molecule has 0 atom stereocenters. The number of hydrogen-bond acceptors (Lipinski definition) is 10. The Morgan fingerprint density at radius 3 is 1.86 bits per heavy atom. The quantitative estimate of drug-likeness (QED) is 0.0568. The van der Waals surface area contributed by atoms with Crippen molar-refractivity contribution in [1.82, 2.24) is 35.1 Å². The molecule has 0 aliphatic rings. The van der Waals surface area contributed by atoms with Crippen LogP contribution in [0.2, 0.25) is 0 Å². The molecule has 0 saturated heterocycles. The number of benzene rings is 2. The zero-order valence-electron chi connectivity index (χ0n) is 32.6. The van der Waals surface area contributed by atoms with Crippen LogP contribution in [0.5, 0.6) is 5.75 Å². The molecule has 2 amide bonds. The van der Waals surface area contributed by atoms with E-state index in [4.69, 9.17) is 21.2 Å². The molecular formula is C45H51FN10O2. The third-order valence-electron chi connectivity index (χ3n) is 9.19. The number of carbonyl (C=O) groups is 1. The summed E-state index contributed by atoms with van der Waals surface area (Å²) < 4.78 is 19.6. The van der Waals surface area contributed by atoms with E-state index in [9.17, 15) is 9.18 Å². The predicted octanol–water partition coefficient (Wildman–Crippen LogP) is 6.87. The average Bonchev–Trinajstić information content (AvgIpc) is 3.21. The minimum atomic E-state index is -0.364. The third-order valence-corrected chi connectivity index (χ3v) is 9.19. The van der Waals surface area contributed by atoms with Gasteiger partial charge in [-0.25, -0.2) is 19.2 Å². The normalized spacial score (nSPS) is 11.2. The highest BCUT2D eigenvalue weighted by Crippen LogP contribution is 2.24. The monoisotopic (exact) mass is 782 g/mol. The Hall–Kier alpha value is -6.28. The summed E-state index contributed by atoms with van der Waals surface area (Å²) in [4.78, 5) is 35.9. The van der Waals surface area contributed by atoms with Gasteiger partial charge in [0.1, 0.15) is 23.2 Å². The molecule has 13 heteroatoms. The molecule has 0 saturated carbocycles. The van der Waals surface area contributed by atoms with Gasteiger partial charge in [-0.2, -0.15) is 0 Å². The van der Waals surface area contributed by atoms with Gasteiger partial charge in [0.15, 0.2) is 0 Å². The Morgan fingerprint density at radius 1 is 0.655 bits per heavy atom. The van der Waals surface area contributed by atoms with Crippen LogP contribution in [0, 0.1) is 5.82 Å². The molecule has 12 nitrogen and oxygen atoms in total. The standard InChI is InChI=1S/C45H51FN10O2/c46-37-17-15-34(16-18-37)19-23-51-45(57)54-44-14-8-12-41(53-44)33-56(31-39-10-2-5-22-50-39)29-36-25-35(26-42(27-36)58-24-6-3-20-47)28-55(30-38-9-1-4-21-49-38)32-40-11-7-13-43(48)52-40/h1-2,4-5,7-18,21-22,25-27H,3,6,19-20,23-24,28-33,47H2,(H2,48,52)(H2,51,53,54,57). The highest BCUT2D eigenvalue weighted by Gasteiger charge is 2.16. The number of unbranched alkanes of at least 4 members (excludes halogenated alkanes) is 1. The summed E-state index contributed by atoms with van der Waals surface area (Å²) in [5, 5.41) is 5.71. The second kappa shape index (κ2) is 21.9. The van der Waals surface area contributed by atoms with Gasteiger partial charge < -0.3 is 21.5 Å². The van der Waals surface area contributed by atoms with E-state index in [1.807, 2.05) is 66.9 Å². The molecule has 0 spiro atoms. The minimum absolute atomic E-state index is 0.289. The van der Waals surface area contributed by atoms with Crippen LogP contribution in [0.3, 0.4) is 0 Å². The largest absolute Gasteiger partial charge is 0.494 e. The van der Waals surface area contributed by atoms with Crippen molar-refractivity contribution >= 4 is 17.7 Å². The van der Waals surface area contributed by atoms with Crippen molar-refractivity contribution < 1.29 is 13.9 Å². The van der Waals surface area contributed by atoms with Crippen molar-refractivity contribution in [2.45, 2.75) is 58.5 Å². The fraction of sp³-hybridized carbons (Fsp3) is 0.267. The van der Waals surface area contributed by atoms with Crippen LogP contribution in [0.15, 0.2) is 128 Å².